The number of hydrogen-bond acceptors (Lipinski definition) is 6. The highest BCUT2D eigenvalue weighted by atomic mass is 16.6. The molecular formula is C16H16N6O2. The lowest BCUT2D eigenvalue weighted by molar-refractivity contribution is 0.148. The summed E-state index contributed by atoms with van der Waals surface area (Å²) in [5.74, 6) is 1.58. The summed E-state index contributed by atoms with van der Waals surface area (Å²) in [6.07, 6.45) is 6.96. The van der Waals surface area contributed by atoms with Crippen molar-refractivity contribution >= 4 is 30.2 Å². The average Bonchev–Trinajstić information content (AvgIpc) is 3.04. The number of aliphatic imine (C=N–C) groups is 1. The Morgan fingerprint density at radius 3 is 2.71 bits per heavy atom. The van der Waals surface area contributed by atoms with Crippen LogP contribution in [0.4, 0.5) is 5.95 Å². The standard InChI is InChI=1S/C16H16N6O2/c1-23-14-7-4-12(5-8-14)3-6-13-9-10-17-16-20-15(21-22(13)16)18-11-19-24-2/h3-11H,1-2H3,(H,18,19,21). The van der Waals surface area contributed by atoms with Crippen LogP contribution in [-0.2, 0) is 4.84 Å². The van der Waals surface area contributed by atoms with Gasteiger partial charge < -0.3 is 4.74 Å². The summed E-state index contributed by atoms with van der Waals surface area (Å²) < 4.78 is 6.78. The van der Waals surface area contributed by atoms with Crippen LogP contribution >= 0.6 is 0 Å². The number of hydrogen-bond donors (Lipinski definition) is 1. The van der Waals surface area contributed by atoms with Gasteiger partial charge in [0.05, 0.1) is 19.9 Å². The van der Waals surface area contributed by atoms with Gasteiger partial charge in [-0.2, -0.15) is 14.5 Å². The van der Waals surface area contributed by atoms with E-state index in [0.717, 1.165) is 17.0 Å². The van der Waals surface area contributed by atoms with Gasteiger partial charge in [-0.15, -0.1) is 5.10 Å². The summed E-state index contributed by atoms with van der Waals surface area (Å²) in [7, 11) is 3.14. The summed E-state index contributed by atoms with van der Waals surface area (Å²) >= 11 is 0. The third-order valence-electron chi connectivity index (χ3n) is 3.17. The third kappa shape index (κ3) is 3.55. The predicted molar refractivity (Wildman–Crippen MR) is 91.0 cm³/mol. The number of hydroxylamine groups is 1. The summed E-state index contributed by atoms with van der Waals surface area (Å²) in [5.41, 5.74) is 4.37. The van der Waals surface area contributed by atoms with E-state index in [1.165, 1.54) is 13.4 Å². The Morgan fingerprint density at radius 1 is 1.12 bits per heavy atom. The van der Waals surface area contributed by atoms with Gasteiger partial charge in [-0.25, -0.2) is 4.98 Å². The van der Waals surface area contributed by atoms with Gasteiger partial charge in [-0.3, -0.25) is 10.3 Å². The Labute approximate surface area is 138 Å². The Kier molecular flexibility index (Phi) is 4.78. The van der Waals surface area contributed by atoms with Gasteiger partial charge in [0.2, 0.25) is 0 Å². The molecule has 3 aromatic rings. The molecule has 24 heavy (non-hydrogen) atoms. The van der Waals surface area contributed by atoms with E-state index in [-0.39, 0.29) is 5.95 Å². The van der Waals surface area contributed by atoms with Crippen molar-refractivity contribution < 1.29 is 9.57 Å². The van der Waals surface area contributed by atoms with E-state index in [9.17, 15) is 0 Å². The van der Waals surface area contributed by atoms with Crippen LogP contribution in [0.25, 0.3) is 17.9 Å². The molecule has 1 aromatic carbocycles. The van der Waals surface area contributed by atoms with E-state index in [2.05, 4.69) is 30.4 Å². The largest absolute Gasteiger partial charge is 0.497 e. The molecular weight excluding hydrogens is 308 g/mol. The van der Waals surface area contributed by atoms with E-state index in [0.29, 0.717) is 5.78 Å². The smallest absolute Gasteiger partial charge is 0.272 e. The van der Waals surface area contributed by atoms with Crippen molar-refractivity contribution in [1.29, 1.82) is 0 Å². The first-order chi connectivity index (χ1) is 11.8. The minimum absolute atomic E-state index is 0.289. The van der Waals surface area contributed by atoms with E-state index in [4.69, 9.17) is 4.74 Å². The molecule has 2 heterocycles. The first-order valence-electron chi connectivity index (χ1n) is 7.15. The predicted octanol–water partition coefficient (Wildman–Crippen LogP) is 2.11. The van der Waals surface area contributed by atoms with Crippen molar-refractivity contribution in [3.8, 4) is 5.75 Å². The van der Waals surface area contributed by atoms with Gasteiger partial charge in [0.25, 0.3) is 11.7 Å². The molecule has 8 nitrogen and oxygen atoms in total. The maximum Gasteiger partial charge on any atom is 0.272 e. The fourth-order valence-corrected chi connectivity index (χ4v) is 2.02. The van der Waals surface area contributed by atoms with Crippen molar-refractivity contribution in [2.75, 3.05) is 14.2 Å². The second-order valence-electron chi connectivity index (χ2n) is 4.68. The number of nitrogens with one attached hydrogen (secondary N) is 1. The van der Waals surface area contributed by atoms with Gasteiger partial charge in [-0.1, -0.05) is 18.2 Å². The second-order valence-corrected chi connectivity index (χ2v) is 4.68. The van der Waals surface area contributed by atoms with Crippen LogP contribution in [0.15, 0.2) is 41.5 Å². The third-order valence-corrected chi connectivity index (χ3v) is 3.17. The van der Waals surface area contributed by atoms with Crippen molar-refractivity contribution in [3.63, 3.8) is 0 Å². The maximum atomic E-state index is 5.15. The summed E-state index contributed by atoms with van der Waals surface area (Å²) in [5, 5.41) is 4.30. The number of rotatable bonds is 6. The topological polar surface area (TPSA) is 85.9 Å². The van der Waals surface area contributed by atoms with Gasteiger partial charge in [-0.05, 0) is 29.8 Å². The quantitative estimate of drug-likeness (QED) is 0.425. The van der Waals surface area contributed by atoms with E-state index in [1.807, 2.05) is 42.5 Å². The zero-order chi connectivity index (χ0) is 16.8. The molecule has 0 fully saturated rings. The Morgan fingerprint density at radius 2 is 1.96 bits per heavy atom. The van der Waals surface area contributed by atoms with Gasteiger partial charge >= 0.3 is 0 Å². The second kappa shape index (κ2) is 7.34. The molecule has 0 amide bonds. The highest BCUT2D eigenvalue weighted by Gasteiger charge is 2.05. The number of benzene rings is 1. The fourth-order valence-electron chi connectivity index (χ4n) is 2.02. The van der Waals surface area contributed by atoms with E-state index < -0.39 is 0 Å². The lowest BCUT2D eigenvalue weighted by Crippen LogP contribution is -2.07. The number of fused-ring (bicyclic) bond motifs is 1. The number of aromatic nitrogens is 4. The highest BCUT2D eigenvalue weighted by Crippen LogP contribution is 2.15. The molecule has 0 aliphatic heterocycles. The highest BCUT2D eigenvalue weighted by molar-refractivity contribution is 5.69. The van der Waals surface area contributed by atoms with Crippen LogP contribution in [0.5, 0.6) is 5.75 Å². The Hall–Kier alpha value is -3.26. The van der Waals surface area contributed by atoms with E-state index >= 15 is 0 Å². The molecule has 8 heteroatoms. The lowest BCUT2D eigenvalue weighted by Gasteiger charge is -2.00. The average molecular weight is 324 g/mol. The number of nitrogens with zero attached hydrogens (tertiary/aromatic N) is 5. The van der Waals surface area contributed by atoms with Crippen LogP contribution < -0.4 is 10.2 Å². The minimum atomic E-state index is 0.289. The van der Waals surface area contributed by atoms with Crippen molar-refractivity contribution in [1.82, 2.24) is 25.1 Å². The Bertz CT molecular complexity index is 870. The lowest BCUT2D eigenvalue weighted by atomic mass is 10.2. The summed E-state index contributed by atoms with van der Waals surface area (Å²) in [6, 6.07) is 9.62. The van der Waals surface area contributed by atoms with Gasteiger partial charge in [0.1, 0.15) is 12.1 Å². The molecule has 0 atom stereocenters. The number of ether oxygens (including phenoxy) is 1. The van der Waals surface area contributed by atoms with Crippen molar-refractivity contribution in [2.45, 2.75) is 0 Å². The minimum Gasteiger partial charge on any atom is -0.497 e. The van der Waals surface area contributed by atoms with Crippen LogP contribution in [0.3, 0.4) is 0 Å². The van der Waals surface area contributed by atoms with Crippen LogP contribution in [0.2, 0.25) is 0 Å². The number of methoxy groups -OCH3 is 1. The normalized spacial score (nSPS) is 11.6. The van der Waals surface area contributed by atoms with E-state index in [1.54, 1.807) is 17.8 Å². The van der Waals surface area contributed by atoms with Crippen molar-refractivity contribution in [3.05, 3.63) is 47.8 Å². The first-order valence-corrected chi connectivity index (χ1v) is 7.15. The molecule has 0 aliphatic rings. The molecule has 0 spiro atoms. The van der Waals surface area contributed by atoms with Crippen molar-refractivity contribution in [2.24, 2.45) is 4.99 Å². The Balaban J connectivity index is 1.86. The van der Waals surface area contributed by atoms with Crippen LogP contribution in [-0.4, -0.2) is 40.1 Å². The summed E-state index contributed by atoms with van der Waals surface area (Å²) in [6.45, 7) is 0. The zero-order valence-electron chi connectivity index (χ0n) is 13.2. The molecule has 3 rings (SSSR count). The monoisotopic (exact) mass is 324 g/mol. The summed E-state index contributed by atoms with van der Waals surface area (Å²) in [4.78, 5) is 17.1. The molecule has 0 unspecified atom stereocenters. The first kappa shape index (κ1) is 15.6. The zero-order valence-corrected chi connectivity index (χ0v) is 13.2. The van der Waals surface area contributed by atoms with Gasteiger partial charge in [0, 0.05) is 6.20 Å². The SMILES string of the molecule is CONC=Nc1nc2nccc(C=Cc3ccc(OC)cc3)n2n1. The molecule has 0 saturated heterocycles. The molecule has 1 N–H and O–H groups in total. The molecule has 122 valence electrons. The molecule has 2 aromatic heterocycles. The molecule has 0 radical (unpaired) electrons. The molecule has 0 bridgehead atoms. The van der Waals surface area contributed by atoms with Gasteiger partial charge in [0.15, 0.2) is 0 Å². The fraction of sp³-hybridized carbons (Fsp3) is 0.125. The van der Waals surface area contributed by atoms with Crippen LogP contribution in [0.1, 0.15) is 11.3 Å². The molecule has 0 aliphatic carbocycles. The van der Waals surface area contributed by atoms with Crippen LogP contribution in [0, 0.1) is 0 Å². The maximum absolute atomic E-state index is 5.15. The molecule has 0 saturated carbocycles.